The molecule has 2 aliphatic rings. The highest BCUT2D eigenvalue weighted by Crippen LogP contribution is 2.22. The summed E-state index contributed by atoms with van der Waals surface area (Å²) in [7, 11) is 0. The molecule has 2 rings (SSSR count). The lowest BCUT2D eigenvalue weighted by molar-refractivity contribution is 0.306. The van der Waals surface area contributed by atoms with Crippen LogP contribution in [0.25, 0.3) is 0 Å². The molecule has 0 aromatic carbocycles. The van der Waals surface area contributed by atoms with Gasteiger partial charge in [-0.3, -0.25) is 4.90 Å². The lowest BCUT2D eigenvalue weighted by atomic mass is 9.96. The monoisotopic (exact) mass is 231 g/mol. The summed E-state index contributed by atoms with van der Waals surface area (Å²) in [5.41, 5.74) is 4.80. The van der Waals surface area contributed by atoms with E-state index in [-0.39, 0.29) is 0 Å². The summed E-state index contributed by atoms with van der Waals surface area (Å²) in [5, 5.41) is 0. The normalized spacial score (nSPS) is 26.3. The van der Waals surface area contributed by atoms with Gasteiger partial charge in [0.15, 0.2) is 0 Å². The van der Waals surface area contributed by atoms with Crippen LogP contribution in [0.2, 0.25) is 0 Å². The fourth-order valence-corrected chi connectivity index (χ4v) is 2.82. The minimum Gasteiger partial charge on any atom is -0.295 e. The number of nitrogens with zero attached hydrogens (tertiary/aromatic N) is 1. The van der Waals surface area contributed by atoms with Crippen LogP contribution in [-0.2, 0) is 0 Å². The van der Waals surface area contributed by atoms with Crippen molar-refractivity contribution in [2.45, 2.75) is 40.0 Å². The summed E-state index contributed by atoms with van der Waals surface area (Å²) in [6.07, 6.45) is 10.8. The predicted octanol–water partition coefficient (Wildman–Crippen LogP) is 3.94. The van der Waals surface area contributed by atoms with E-state index in [1.165, 1.54) is 37.9 Å². The zero-order chi connectivity index (χ0) is 12.3. The second-order valence-corrected chi connectivity index (χ2v) is 5.56. The van der Waals surface area contributed by atoms with Gasteiger partial charge in [-0.1, -0.05) is 43.2 Å². The molecular formula is C16H25N. The summed E-state index contributed by atoms with van der Waals surface area (Å²) >= 11 is 0. The lowest BCUT2D eigenvalue weighted by Crippen LogP contribution is -2.33. The second kappa shape index (κ2) is 5.68. The average molecular weight is 231 g/mol. The molecule has 1 aliphatic heterocycles. The van der Waals surface area contributed by atoms with Crippen molar-refractivity contribution in [1.29, 1.82) is 0 Å². The SMILES string of the molecule is CCC1=C(C)CCN(CC2=CC(C)CC=C2)C1. The van der Waals surface area contributed by atoms with Crippen LogP contribution in [0.3, 0.4) is 0 Å². The largest absolute Gasteiger partial charge is 0.295 e. The topological polar surface area (TPSA) is 3.24 Å². The Bertz CT molecular complexity index is 360. The zero-order valence-electron chi connectivity index (χ0n) is 11.5. The van der Waals surface area contributed by atoms with Crippen molar-refractivity contribution in [3.8, 4) is 0 Å². The number of hydrogen-bond acceptors (Lipinski definition) is 1. The van der Waals surface area contributed by atoms with Gasteiger partial charge in [-0.25, -0.2) is 0 Å². The van der Waals surface area contributed by atoms with Crippen LogP contribution in [0.1, 0.15) is 40.0 Å². The molecule has 1 nitrogen and oxygen atoms in total. The first kappa shape index (κ1) is 12.6. The molecule has 0 amide bonds. The Morgan fingerprint density at radius 2 is 2.24 bits per heavy atom. The van der Waals surface area contributed by atoms with E-state index in [4.69, 9.17) is 0 Å². The van der Waals surface area contributed by atoms with Crippen molar-refractivity contribution in [2.75, 3.05) is 19.6 Å². The summed E-state index contributed by atoms with van der Waals surface area (Å²) in [6, 6.07) is 0. The molecule has 1 unspecified atom stereocenters. The minimum absolute atomic E-state index is 0.725. The Kier molecular flexibility index (Phi) is 4.22. The van der Waals surface area contributed by atoms with Gasteiger partial charge in [0.1, 0.15) is 0 Å². The van der Waals surface area contributed by atoms with E-state index in [0.717, 1.165) is 12.5 Å². The van der Waals surface area contributed by atoms with Crippen LogP contribution in [0.4, 0.5) is 0 Å². The Morgan fingerprint density at radius 1 is 1.41 bits per heavy atom. The van der Waals surface area contributed by atoms with Crippen molar-refractivity contribution in [2.24, 2.45) is 5.92 Å². The standard InChI is InChI=1S/C16H25N/c1-4-16-12-17(9-8-14(16)3)11-15-7-5-6-13(2)10-15/h5,7,10,13H,4,6,8-9,11-12H2,1-3H3. The number of allylic oxidation sites excluding steroid dienone is 2. The van der Waals surface area contributed by atoms with Gasteiger partial charge >= 0.3 is 0 Å². The summed E-state index contributed by atoms with van der Waals surface area (Å²) in [6.45, 7) is 10.4. The first-order valence-electron chi connectivity index (χ1n) is 6.96. The van der Waals surface area contributed by atoms with Crippen molar-refractivity contribution in [3.63, 3.8) is 0 Å². The minimum atomic E-state index is 0.725. The molecule has 0 saturated carbocycles. The molecule has 1 heteroatoms. The third-order valence-corrected chi connectivity index (χ3v) is 3.99. The van der Waals surface area contributed by atoms with Crippen LogP contribution in [0.15, 0.2) is 34.9 Å². The molecule has 0 saturated heterocycles. The summed E-state index contributed by atoms with van der Waals surface area (Å²) in [4.78, 5) is 2.60. The third kappa shape index (κ3) is 3.32. The first-order valence-corrected chi connectivity index (χ1v) is 6.96. The average Bonchev–Trinajstić information content (AvgIpc) is 2.32. The van der Waals surface area contributed by atoms with Crippen LogP contribution in [0, 0.1) is 5.92 Å². The lowest BCUT2D eigenvalue weighted by Gasteiger charge is -2.30. The highest BCUT2D eigenvalue weighted by atomic mass is 15.1. The van der Waals surface area contributed by atoms with Crippen LogP contribution in [0.5, 0.6) is 0 Å². The molecule has 17 heavy (non-hydrogen) atoms. The van der Waals surface area contributed by atoms with Gasteiger partial charge in [0.25, 0.3) is 0 Å². The zero-order valence-corrected chi connectivity index (χ0v) is 11.5. The van der Waals surface area contributed by atoms with Gasteiger partial charge in [-0.15, -0.1) is 0 Å². The van der Waals surface area contributed by atoms with Crippen molar-refractivity contribution < 1.29 is 0 Å². The van der Waals surface area contributed by atoms with Gasteiger partial charge in [0.05, 0.1) is 0 Å². The maximum Gasteiger partial charge on any atom is 0.0234 e. The quantitative estimate of drug-likeness (QED) is 0.665. The van der Waals surface area contributed by atoms with E-state index in [2.05, 4.69) is 43.9 Å². The van der Waals surface area contributed by atoms with Crippen LogP contribution < -0.4 is 0 Å². The summed E-state index contributed by atoms with van der Waals surface area (Å²) < 4.78 is 0. The third-order valence-electron chi connectivity index (χ3n) is 3.99. The highest BCUT2D eigenvalue weighted by molar-refractivity contribution is 5.26. The van der Waals surface area contributed by atoms with E-state index in [0.29, 0.717) is 0 Å². The number of hydrogen-bond donors (Lipinski definition) is 0. The van der Waals surface area contributed by atoms with Crippen molar-refractivity contribution in [1.82, 2.24) is 4.90 Å². The first-order chi connectivity index (χ1) is 8.19. The Labute approximate surface area is 106 Å². The Balaban J connectivity index is 1.95. The van der Waals surface area contributed by atoms with E-state index in [1.807, 2.05) is 0 Å². The smallest absolute Gasteiger partial charge is 0.0234 e. The van der Waals surface area contributed by atoms with Gasteiger partial charge in [-0.2, -0.15) is 0 Å². The maximum absolute atomic E-state index is 2.60. The molecule has 0 spiro atoms. The van der Waals surface area contributed by atoms with Crippen molar-refractivity contribution >= 4 is 0 Å². The fourth-order valence-electron chi connectivity index (χ4n) is 2.82. The predicted molar refractivity (Wildman–Crippen MR) is 75.1 cm³/mol. The molecule has 0 radical (unpaired) electrons. The van der Waals surface area contributed by atoms with Gasteiger partial charge in [-0.05, 0) is 37.7 Å². The van der Waals surface area contributed by atoms with E-state index >= 15 is 0 Å². The van der Waals surface area contributed by atoms with Crippen molar-refractivity contribution in [3.05, 3.63) is 34.9 Å². The molecule has 0 fully saturated rings. The molecule has 1 atom stereocenters. The maximum atomic E-state index is 2.60. The summed E-state index contributed by atoms with van der Waals surface area (Å²) in [5.74, 6) is 0.725. The van der Waals surface area contributed by atoms with Gasteiger partial charge in [0, 0.05) is 19.6 Å². The Morgan fingerprint density at radius 3 is 2.94 bits per heavy atom. The highest BCUT2D eigenvalue weighted by Gasteiger charge is 2.16. The van der Waals surface area contributed by atoms with Crippen LogP contribution >= 0.6 is 0 Å². The molecule has 0 aromatic rings. The van der Waals surface area contributed by atoms with E-state index in [1.54, 1.807) is 11.1 Å². The fraction of sp³-hybridized carbons (Fsp3) is 0.625. The molecule has 0 N–H and O–H groups in total. The molecule has 94 valence electrons. The molecule has 1 aliphatic carbocycles. The number of rotatable bonds is 3. The second-order valence-electron chi connectivity index (χ2n) is 5.56. The molecular weight excluding hydrogens is 206 g/mol. The molecule has 0 bridgehead atoms. The van der Waals surface area contributed by atoms with Gasteiger partial charge < -0.3 is 0 Å². The molecule has 1 heterocycles. The van der Waals surface area contributed by atoms with E-state index in [9.17, 15) is 0 Å². The Hall–Kier alpha value is -0.820. The molecule has 0 aromatic heterocycles. The van der Waals surface area contributed by atoms with Crippen LogP contribution in [-0.4, -0.2) is 24.5 Å². The van der Waals surface area contributed by atoms with Gasteiger partial charge in [0.2, 0.25) is 0 Å². The van der Waals surface area contributed by atoms with E-state index < -0.39 is 0 Å².